The van der Waals surface area contributed by atoms with E-state index in [0.29, 0.717) is 17.4 Å². The summed E-state index contributed by atoms with van der Waals surface area (Å²) >= 11 is 0. The quantitative estimate of drug-likeness (QED) is 0.791. The van der Waals surface area contributed by atoms with E-state index in [2.05, 4.69) is 72.8 Å². The highest BCUT2D eigenvalue weighted by molar-refractivity contribution is 5.38. The van der Waals surface area contributed by atoms with Crippen LogP contribution >= 0.6 is 0 Å². The molecule has 0 aliphatic rings. The third-order valence-electron chi connectivity index (χ3n) is 4.78. The fraction of sp³-hybridized carbons (Fsp3) is 0.667. The van der Waals surface area contributed by atoms with Crippen LogP contribution in [0.1, 0.15) is 62.9 Å². The Bertz CT molecular complexity index is 430. The van der Waals surface area contributed by atoms with Gasteiger partial charge in [0, 0.05) is 12.6 Å². The maximum absolute atomic E-state index is 3.71. The predicted octanol–water partition coefficient (Wildman–Crippen LogP) is 4.94. The smallest absolute Gasteiger partial charge is 0.0294 e. The van der Waals surface area contributed by atoms with Crippen molar-refractivity contribution >= 4 is 0 Å². The van der Waals surface area contributed by atoms with Crippen LogP contribution in [0.25, 0.3) is 0 Å². The third kappa shape index (κ3) is 4.07. The first-order chi connectivity index (χ1) is 8.65. The van der Waals surface area contributed by atoms with E-state index in [9.17, 15) is 0 Å². The second kappa shape index (κ2) is 6.09. The summed E-state index contributed by atoms with van der Waals surface area (Å²) in [5.41, 5.74) is 5.93. The molecule has 0 saturated heterocycles. The first-order valence-corrected chi connectivity index (χ1v) is 7.46. The highest BCUT2D eigenvalue weighted by Gasteiger charge is 2.23. The topological polar surface area (TPSA) is 12.0 Å². The van der Waals surface area contributed by atoms with Gasteiger partial charge in [0.15, 0.2) is 0 Å². The molecule has 108 valence electrons. The summed E-state index contributed by atoms with van der Waals surface area (Å²) in [5.74, 6) is 0.688. The van der Waals surface area contributed by atoms with Crippen LogP contribution in [0, 0.1) is 32.1 Å². The third-order valence-corrected chi connectivity index (χ3v) is 4.78. The summed E-state index contributed by atoms with van der Waals surface area (Å²) in [5, 5.41) is 3.71. The molecule has 1 nitrogen and oxygen atoms in total. The van der Waals surface area contributed by atoms with Gasteiger partial charge in [-0.1, -0.05) is 39.8 Å². The number of hydrogen-bond acceptors (Lipinski definition) is 1. The molecule has 0 aromatic heterocycles. The molecule has 1 unspecified atom stereocenters. The van der Waals surface area contributed by atoms with Crippen LogP contribution in [-0.4, -0.2) is 6.54 Å². The van der Waals surface area contributed by atoms with E-state index >= 15 is 0 Å². The summed E-state index contributed by atoms with van der Waals surface area (Å²) in [4.78, 5) is 0. The van der Waals surface area contributed by atoms with E-state index in [1.54, 1.807) is 0 Å². The second-order valence-electron chi connectivity index (χ2n) is 7.04. The van der Waals surface area contributed by atoms with E-state index in [4.69, 9.17) is 0 Å². The van der Waals surface area contributed by atoms with E-state index in [1.807, 2.05) is 0 Å². The first kappa shape index (κ1) is 16.2. The lowest BCUT2D eigenvalue weighted by atomic mass is 9.81. The molecule has 1 aromatic rings. The molecule has 0 heterocycles. The summed E-state index contributed by atoms with van der Waals surface area (Å²) in [6.07, 6.45) is 0. The number of hydrogen-bond donors (Lipinski definition) is 1. The molecule has 1 N–H and O–H groups in total. The fourth-order valence-corrected chi connectivity index (χ4v) is 2.18. The highest BCUT2D eigenvalue weighted by atomic mass is 14.9. The molecule has 19 heavy (non-hydrogen) atoms. The van der Waals surface area contributed by atoms with Crippen molar-refractivity contribution in [2.24, 2.45) is 11.3 Å². The lowest BCUT2D eigenvalue weighted by Gasteiger charge is -2.31. The Morgan fingerprint density at radius 3 is 2.00 bits per heavy atom. The van der Waals surface area contributed by atoms with Crippen molar-refractivity contribution in [3.63, 3.8) is 0 Å². The van der Waals surface area contributed by atoms with Crippen LogP contribution in [0.15, 0.2) is 12.1 Å². The molecule has 0 fully saturated rings. The van der Waals surface area contributed by atoms with Crippen molar-refractivity contribution in [2.75, 3.05) is 6.54 Å². The lowest BCUT2D eigenvalue weighted by Crippen LogP contribution is -2.35. The Balaban J connectivity index is 2.79. The van der Waals surface area contributed by atoms with Gasteiger partial charge in [0.05, 0.1) is 0 Å². The van der Waals surface area contributed by atoms with Gasteiger partial charge in [-0.05, 0) is 61.3 Å². The molecule has 0 amide bonds. The molecular formula is C18H31N. The van der Waals surface area contributed by atoms with Gasteiger partial charge in [-0.25, -0.2) is 0 Å². The molecule has 0 aliphatic heterocycles. The monoisotopic (exact) mass is 261 g/mol. The van der Waals surface area contributed by atoms with E-state index in [0.717, 1.165) is 6.54 Å². The largest absolute Gasteiger partial charge is 0.310 e. The molecule has 0 radical (unpaired) electrons. The van der Waals surface area contributed by atoms with Gasteiger partial charge in [0.25, 0.3) is 0 Å². The van der Waals surface area contributed by atoms with Crippen LogP contribution in [0.3, 0.4) is 0 Å². The van der Waals surface area contributed by atoms with E-state index < -0.39 is 0 Å². The predicted molar refractivity (Wildman–Crippen MR) is 85.7 cm³/mol. The Morgan fingerprint density at radius 2 is 1.47 bits per heavy atom. The van der Waals surface area contributed by atoms with Crippen molar-refractivity contribution in [3.05, 3.63) is 34.4 Å². The average molecular weight is 261 g/mol. The molecule has 1 rings (SSSR count). The Hall–Kier alpha value is -0.820. The van der Waals surface area contributed by atoms with Crippen LogP contribution in [0.2, 0.25) is 0 Å². The number of nitrogens with one attached hydrogen (secondary N) is 1. The van der Waals surface area contributed by atoms with Gasteiger partial charge < -0.3 is 5.32 Å². The minimum atomic E-state index is 0.335. The zero-order chi connectivity index (χ0) is 14.8. The van der Waals surface area contributed by atoms with Gasteiger partial charge in [0.1, 0.15) is 0 Å². The van der Waals surface area contributed by atoms with Crippen molar-refractivity contribution in [1.29, 1.82) is 0 Å². The maximum atomic E-state index is 3.71. The normalized spacial score (nSPS) is 13.9. The zero-order valence-electron chi connectivity index (χ0n) is 14.0. The standard InChI is InChI=1S/C18H31N/c1-12(2)18(7,8)11-19-16(6)17-10-14(4)13(3)9-15(17)5/h9-10,12,16,19H,11H2,1-8H3. The summed E-state index contributed by atoms with van der Waals surface area (Å²) in [6, 6.07) is 5.05. The molecular weight excluding hydrogens is 230 g/mol. The van der Waals surface area contributed by atoms with Gasteiger partial charge >= 0.3 is 0 Å². The Labute approximate surface area is 119 Å². The molecule has 1 heteroatoms. The Kier molecular flexibility index (Phi) is 5.20. The van der Waals surface area contributed by atoms with E-state index in [-0.39, 0.29) is 0 Å². The number of benzene rings is 1. The maximum Gasteiger partial charge on any atom is 0.0294 e. The second-order valence-corrected chi connectivity index (χ2v) is 7.04. The minimum absolute atomic E-state index is 0.335. The summed E-state index contributed by atoms with van der Waals surface area (Å²) in [6.45, 7) is 19.2. The number of rotatable bonds is 5. The van der Waals surface area contributed by atoms with Gasteiger partial charge in [-0.2, -0.15) is 0 Å². The molecule has 0 spiro atoms. The molecule has 0 aliphatic carbocycles. The van der Waals surface area contributed by atoms with Gasteiger partial charge in [-0.3, -0.25) is 0 Å². The van der Waals surface area contributed by atoms with Gasteiger partial charge in [0.2, 0.25) is 0 Å². The Morgan fingerprint density at radius 1 is 0.947 bits per heavy atom. The van der Waals surface area contributed by atoms with Crippen LogP contribution in [-0.2, 0) is 0 Å². The van der Waals surface area contributed by atoms with Crippen LogP contribution in [0.4, 0.5) is 0 Å². The zero-order valence-corrected chi connectivity index (χ0v) is 14.0. The van der Waals surface area contributed by atoms with E-state index in [1.165, 1.54) is 22.3 Å². The molecule has 1 aromatic carbocycles. The van der Waals surface area contributed by atoms with Crippen LogP contribution in [0.5, 0.6) is 0 Å². The first-order valence-electron chi connectivity index (χ1n) is 7.46. The van der Waals surface area contributed by atoms with Crippen molar-refractivity contribution in [3.8, 4) is 0 Å². The summed E-state index contributed by atoms with van der Waals surface area (Å²) < 4.78 is 0. The van der Waals surface area contributed by atoms with Crippen molar-refractivity contribution in [1.82, 2.24) is 5.32 Å². The van der Waals surface area contributed by atoms with Gasteiger partial charge in [-0.15, -0.1) is 0 Å². The summed E-state index contributed by atoms with van der Waals surface area (Å²) in [7, 11) is 0. The van der Waals surface area contributed by atoms with Crippen molar-refractivity contribution < 1.29 is 0 Å². The molecule has 0 saturated carbocycles. The lowest BCUT2D eigenvalue weighted by molar-refractivity contribution is 0.230. The minimum Gasteiger partial charge on any atom is -0.310 e. The van der Waals surface area contributed by atoms with Crippen molar-refractivity contribution in [2.45, 2.75) is 61.4 Å². The van der Waals surface area contributed by atoms with Crippen LogP contribution < -0.4 is 5.32 Å². The molecule has 0 bridgehead atoms. The highest BCUT2D eigenvalue weighted by Crippen LogP contribution is 2.27. The average Bonchev–Trinajstić information content (AvgIpc) is 2.30. The SMILES string of the molecule is Cc1cc(C)c(C(C)NCC(C)(C)C(C)C)cc1C. The number of aryl methyl sites for hydroxylation is 3. The molecule has 1 atom stereocenters. The fourth-order valence-electron chi connectivity index (χ4n) is 2.18.